The molecule has 0 aromatic heterocycles. The summed E-state index contributed by atoms with van der Waals surface area (Å²) in [4.78, 5) is 35.8. The fourth-order valence-corrected chi connectivity index (χ4v) is 9.68. The number of nitrogens with one attached hydrogen (secondary N) is 1. The number of benzene rings is 3. The minimum Gasteiger partial charge on any atom is -0.497 e. The van der Waals surface area contributed by atoms with Gasteiger partial charge in [-0.15, -0.1) is 0 Å². The number of piperidine rings is 1. The third kappa shape index (κ3) is 5.64. The van der Waals surface area contributed by atoms with Gasteiger partial charge in [0, 0.05) is 54.8 Å². The molecule has 1 atom stereocenters. The second-order valence-electron chi connectivity index (χ2n) is 13.8. The molecule has 7 rings (SSSR count). The molecule has 3 saturated heterocycles. The Hall–Kier alpha value is -4.84. The van der Waals surface area contributed by atoms with Crippen molar-refractivity contribution in [3.8, 4) is 23.3 Å². The second kappa shape index (κ2) is 13.0. The van der Waals surface area contributed by atoms with Gasteiger partial charge in [0.2, 0.25) is 0 Å². The van der Waals surface area contributed by atoms with Gasteiger partial charge < -0.3 is 29.3 Å². The first-order valence-electron chi connectivity index (χ1n) is 17.1. The zero-order chi connectivity index (χ0) is 36.1. The molecular weight excluding hydrogens is 673 g/mol. The van der Waals surface area contributed by atoms with Crippen molar-refractivity contribution < 1.29 is 32.2 Å². The minimum absolute atomic E-state index is 0.00341. The Balaban J connectivity index is 1.28. The van der Waals surface area contributed by atoms with E-state index < -0.39 is 27.5 Å². The lowest BCUT2D eigenvalue weighted by Crippen LogP contribution is -2.76. The van der Waals surface area contributed by atoms with Gasteiger partial charge in [-0.1, -0.05) is 18.2 Å². The van der Waals surface area contributed by atoms with Gasteiger partial charge >= 0.3 is 6.03 Å². The Kier molecular flexibility index (Phi) is 8.85. The summed E-state index contributed by atoms with van der Waals surface area (Å²) in [6.45, 7) is 7.03. The maximum Gasteiger partial charge on any atom is 0.318 e. The van der Waals surface area contributed by atoms with Crippen LogP contribution in [0, 0.1) is 16.7 Å². The lowest BCUT2D eigenvalue weighted by Gasteiger charge is -2.62. The SMILES string of the molecule is CCOc1ccccc1[C@@]1(NC(=O)N2CC3(C2)CN(C2CCN(C)CC2)C3)C(=O)N(S(=O)(=O)c2ccc(OC)cc2OC)c2ccc(C#N)cc21. The van der Waals surface area contributed by atoms with E-state index >= 15 is 4.79 Å². The summed E-state index contributed by atoms with van der Waals surface area (Å²) in [6.07, 6.45) is 2.26. The first-order valence-corrected chi connectivity index (χ1v) is 18.5. The molecule has 0 unspecified atom stereocenters. The zero-order valence-corrected chi connectivity index (χ0v) is 30.0. The fraction of sp³-hybridized carbons (Fsp3) is 0.432. The summed E-state index contributed by atoms with van der Waals surface area (Å²) in [6, 6.07) is 17.4. The van der Waals surface area contributed by atoms with E-state index in [9.17, 15) is 18.5 Å². The van der Waals surface area contributed by atoms with Crippen molar-refractivity contribution in [3.63, 3.8) is 0 Å². The predicted octanol–water partition coefficient (Wildman–Crippen LogP) is 3.37. The highest BCUT2D eigenvalue weighted by Gasteiger charge is 2.61. The fourth-order valence-electron chi connectivity index (χ4n) is 8.07. The first-order chi connectivity index (χ1) is 24.5. The number of fused-ring (bicyclic) bond motifs is 1. The van der Waals surface area contributed by atoms with Crippen LogP contribution in [0.4, 0.5) is 10.5 Å². The Bertz CT molecular complexity index is 2010. The zero-order valence-electron chi connectivity index (χ0n) is 29.2. The van der Waals surface area contributed by atoms with Crippen LogP contribution in [0.15, 0.2) is 65.6 Å². The lowest BCUT2D eigenvalue weighted by molar-refractivity contribution is -0.124. The van der Waals surface area contributed by atoms with Crippen molar-refractivity contribution in [1.29, 1.82) is 5.26 Å². The van der Waals surface area contributed by atoms with E-state index in [0.29, 0.717) is 29.2 Å². The van der Waals surface area contributed by atoms with E-state index in [-0.39, 0.29) is 50.8 Å². The van der Waals surface area contributed by atoms with Crippen LogP contribution in [0.25, 0.3) is 0 Å². The number of nitrogens with zero attached hydrogens (tertiary/aromatic N) is 5. The van der Waals surface area contributed by atoms with E-state index in [1.165, 1.54) is 50.6 Å². The van der Waals surface area contributed by atoms with Crippen molar-refractivity contribution in [2.45, 2.75) is 36.2 Å². The summed E-state index contributed by atoms with van der Waals surface area (Å²) >= 11 is 0. The number of carbonyl (C=O) groups excluding carboxylic acids is 2. The van der Waals surface area contributed by atoms with Crippen LogP contribution >= 0.6 is 0 Å². The molecule has 0 bridgehead atoms. The predicted molar refractivity (Wildman–Crippen MR) is 188 cm³/mol. The quantitative estimate of drug-likeness (QED) is 0.350. The third-order valence-corrected chi connectivity index (χ3v) is 12.4. The minimum atomic E-state index is -4.67. The average molecular weight is 715 g/mol. The van der Waals surface area contributed by atoms with Crippen molar-refractivity contribution in [3.05, 3.63) is 77.4 Å². The Morgan fingerprint density at radius 3 is 2.35 bits per heavy atom. The smallest absolute Gasteiger partial charge is 0.318 e. The molecule has 3 fully saturated rings. The largest absolute Gasteiger partial charge is 0.497 e. The molecule has 51 heavy (non-hydrogen) atoms. The van der Waals surface area contributed by atoms with Crippen molar-refractivity contribution in [2.75, 3.05) is 71.4 Å². The van der Waals surface area contributed by atoms with E-state index in [1.807, 2.05) is 0 Å². The van der Waals surface area contributed by atoms with Gasteiger partial charge in [-0.25, -0.2) is 13.2 Å². The molecule has 14 heteroatoms. The van der Waals surface area contributed by atoms with Crippen LogP contribution in [0.2, 0.25) is 0 Å². The molecule has 13 nitrogen and oxygen atoms in total. The highest BCUT2D eigenvalue weighted by atomic mass is 32.2. The highest BCUT2D eigenvalue weighted by molar-refractivity contribution is 7.93. The van der Waals surface area contributed by atoms with Crippen molar-refractivity contribution >= 4 is 27.6 Å². The summed E-state index contributed by atoms with van der Waals surface area (Å²) < 4.78 is 46.7. The van der Waals surface area contributed by atoms with E-state index in [4.69, 9.17) is 14.2 Å². The summed E-state index contributed by atoms with van der Waals surface area (Å²) in [5.41, 5.74) is -1.52. The molecule has 4 heterocycles. The molecule has 3 aromatic rings. The number of rotatable bonds is 9. The van der Waals surface area contributed by atoms with Gasteiger partial charge in [-0.2, -0.15) is 9.57 Å². The molecule has 4 aliphatic heterocycles. The number of hydrogen-bond acceptors (Lipinski definition) is 10. The maximum absolute atomic E-state index is 15.2. The summed E-state index contributed by atoms with van der Waals surface area (Å²) in [5, 5.41) is 13.0. The second-order valence-corrected chi connectivity index (χ2v) is 15.6. The maximum atomic E-state index is 15.2. The molecule has 0 saturated carbocycles. The van der Waals surface area contributed by atoms with Gasteiger partial charge in [0.15, 0.2) is 5.54 Å². The van der Waals surface area contributed by atoms with Crippen molar-refractivity contribution in [2.24, 2.45) is 5.41 Å². The number of para-hydroxylation sites is 1. The molecule has 3 amide bonds. The first kappa shape index (κ1) is 34.6. The normalized spacial score (nSPS) is 21.7. The Labute approximate surface area is 298 Å². The topological polar surface area (TPSA) is 145 Å². The number of anilines is 1. The average Bonchev–Trinajstić information content (AvgIpc) is 3.35. The van der Waals surface area contributed by atoms with E-state index in [1.54, 1.807) is 36.1 Å². The van der Waals surface area contributed by atoms with Crippen LogP contribution in [0.1, 0.15) is 36.5 Å². The standard InChI is InChI=1S/C37H42N6O7S/c1-5-50-31-9-7-6-8-28(31)37(39-35(45)42-23-36(24-42)21-41(22-36)26-14-16-40(2)17-15-26)29-18-25(20-38)10-12-30(29)43(34(37)44)51(46,47)33-13-11-27(48-3)19-32(33)49-4/h6-13,18-19,26H,5,14-17,21-24H2,1-4H3,(H,39,45)/t37-/m0/s1. The van der Waals surface area contributed by atoms with Crippen molar-refractivity contribution in [1.82, 2.24) is 20.0 Å². The number of sulfonamides is 1. The number of likely N-dealkylation sites (tertiary alicyclic amines) is 3. The number of methoxy groups -OCH3 is 2. The molecular formula is C37H42N6O7S. The number of nitriles is 1. The molecule has 0 radical (unpaired) electrons. The van der Waals surface area contributed by atoms with Crippen LogP contribution < -0.4 is 23.8 Å². The van der Waals surface area contributed by atoms with Crippen LogP contribution in [-0.2, 0) is 20.4 Å². The van der Waals surface area contributed by atoms with E-state index in [0.717, 1.165) is 39.0 Å². The molecule has 1 spiro atoms. The van der Waals surface area contributed by atoms with Crippen LogP contribution in [-0.4, -0.2) is 108 Å². The summed E-state index contributed by atoms with van der Waals surface area (Å²) in [7, 11) is 0.247. The number of hydrogen-bond donors (Lipinski definition) is 1. The highest BCUT2D eigenvalue weighted by Crippen LogP contribution is 2.51. The van der Waals surface area contributed by atoms with Crippen LogP contribution in [0.5, 0.6) is 17.2 Å². The molecule has 1 N–H and O–H groups in total. The molecule has 268 valence electrons. The molecule has 0 aliphatic carbocycles. The van der Waals surface area contributed by atoms with Crippen LogP contribution in [0.3, 0.4) is 0 Å². The Morgan fingerprint density at radius 2 is 1.69 bits per heavy atom. The summed E-state index contributed by atoms with van der Waals surface area (Å²) in [5.74, 6) is -0.332. The van der Waals surface area contributed by atoms with Gasteiger partial charge in [0.25, 0.3) is 15.9 Å². The number of carbonyl (C=O) groups is 2. The monoisotopic (exact) mass is 714 g/mol. The van der Waals surface area contributed by atoms with Gasteiger partial charge in [0.1, 0.15) is 22.1 Å². The number of urea groups is 1. The van der Waals surface area contributed by atoms with Gasteiger partial charge in [0.05, 0.1) is 38.1 Å². The van der Waals surface area contributed by atoms with Gasteiger partial charge in [-0.05, 0) is 76.3 Å². The number of ether oxygens (including phenoxy) is 3. The van der Waals surface area contributed by atoms with E-state index in [2.05, 4.69) is 28.2 Å². The lowest BCUT2D eigenvalue weighted by atomic mass is 9.71. The number of amides is 3. The Morgan fingerprint density at radius 1 is 0.961 bits per heavy atom. The molecule has 3 aromatic carbocycles. The molecule has 4 aliphatic rings. The van der Waals surface area contributed by atoms with Gasteiger partial charge in [-0.3, -0.25) is 9.69 Å². The third-order valence-electron chi connectivity index (χ3n) is 10.6.